The molecule has 7 nitrogen and oxygen atoms in total. The van der Waals surface area contributed by atoms with Crippen LogP contribution in [0.25, 0.3) is 0 Å². The van der Waals surface area contributed by atoms with Gasteiger partial charge in [0.2, 0.25) is 5.91 Å². The molecule has 1 aliphatic rings. The lowest BCUT2D eigenvalue weighted by molar-refractivity contribution is -0.141. The molecular weight excluding hydrogens is 322 g/mol. The Kier molecular flexibility index (Phi) is 5.81. The third-order valence-corrected chi connectivity index (χ3v) is 3.55. The first kappa shape index (κ1) is 17.1. The van der Waals surface area contributed by atoms with E-state index in [4.69, 9.17) is 16.3 Å². The maximum atomic E-state index is 12.0. The monoisotopic (exact) mass is 339 g/mol. The van der Waals surface area contributed by atoms with Crippen LogP contribution in [0.1, 0.15) is 13.3 Å². The van der Waals surface area contributed by atoms with Crippen molar-refractivity contribution in [2.75, 3.05) is 24.6 Å². The number of hydrogen-bond acceptors (Lipinski definition) is 4. The van der Waals surface area contributed by atoms with Gasteiger partial charge in [-0.3, -0.25) is 9.59 Å². The van der Waals surface area contributed by atoms with E-state index in [1.807, 2.05) is 0 Å². The molecule has 1 unspecified atom stereocenters. The van der Waals surface area contributed by atoms with E-state index < -0.39 is 12.0 Å². The molecule has 0 bridgehead atoms. The minimum absolute atomic E-state index is 0.0805. The summed E-state index contributed by atoms with van der Waals surface area (Å²) in [5.41, 5.74) is 0.732. The molecule has 1 saturated heterocycles. The van der Waals surface area contributed by atoms with Crippen LogP contribution in [0.3, 0.4) is 0 Å². The topological polar surface area (TPSA) is 87.7 Å². The highest BCUT2D eigenvalue weighted by Crippen LogP contribution is 2.23. The second kappa shape index (κ2) is 7.82. The third kappa shape index (κ3) is 4.85. The van der Waals surface area contributed by atoms with Crippen molar-refractivity contribution in [3.05, 3.63) is 29.3 Å². The smallest absolute Gasteiger partial charge is 0.325 e. The zero-order valence-corrected chi connectivity index (χ0v) is 13.4. The van der Waals surface area contributed by atoms with Gasteiger partial charge < -0.3 is 20.3 Å². The van der Waals surface area contributed by atoms with Gasteiger partial charge in [-0.2, -0.15) is 0 Å². The maximum absolute atomic E-state index is 12.0. The van der Waals surface area contributed by atoms with Crippen LogP contribution in [-0.2, 0) is 14.3 Å². The summed E-state index contributed by atoms with van der Waals surface area (Å²) < 4.78 is 4.71. The lowest BCUT2D eigenvalue weighted by Crippen LogP contribution is -2.45. The van der Waals surface area contributed by atoms with Gasteiger partial charge in [0.15, 0.2) is 0 Å². The van der Waals surface area contributed by atoms with Gasteiger partial charge in [0.1, 0.15) is 6.54 Å². The van der Waals surface area contributed by atoms with Crippen LogP contribution >= 0.6 is 11.6 Å². The summed E-state index contributed by atoms with van der Waals surface area (Å²) >= 11 is 5.83. The van der Waals surface area contributed by atoms with E-state index in [1.54, 1.807) is 36.1 Å². The van der Waals surface area contributed by atoms with Crippen molar-refractivity contribution in [3.8, 4) is 0 Å². The van der Waals surface area contributed by atoms with Crippen molar-refractivity contribution in [2.24, 2.45) is 0 Å². The van der Waals surface area contributed by atoms with Crippen molar-refractivity contribution in [1.29, 1.82) is 0 Å². The maximum Gasteiger partial charge on any atom is 0.325 e. The average molecular weight is 340 g/mol. The van der Waals surface area contributed by atoms with E-state index in [0.717, 1.165) is 5.69 Å². The molecule has 2 rings (SSSR count). The number of rotatable bonds is 5. The molecule has 1 heterocycles. The van der Waals surface area contributed by atoms with Gasteiger partial charge in [-0.25, -0.2) is 4.79 Å². The SMILES string of the molecule is CCOC(=O)CNC(=O)NC1CC(=O)N(c2ccc(Cl)cc2)C1. The Hall–Kier alpha value is -2.28. The first-order valence-corrected chi connectivity index (χ1v) is 7.63. The summed E-state index contributed by atoms with van der Waals surface area (Å²) in [6.45, 7) is 2.11. The van der Waals surface area contributed by atoms with Gasteiger partial charge in [-0.05, 0) is 31.2 Å². The van der Waals surface area contributed by atoms with Crippen LogP contribution in [0.4, 0.5) is 10.5 Å². The number of ether oxygens (including phenoxy) is 1. The summed E-state index contributed by atoms with van der Waals surface area (Å²) in [5, 5.41) is 5.66. The minimum Gasteiger partial charge on any atom is -0.465 e. The lowest BCUT2D eigenvalue weighted by atomic mass is 10.2. The fourth-order valence-corrected chi connectivity index (χ4v) is 2.40. The Balaban J connectivity index is 1.84. The van der Waals surface area contributed by atoms with Crippen LogP contribution < -0.4 is 15.5 Å². The fraction of sp³-hybridized carbons (Fsp3) is 0.400. The highest BCUT2D eigenvalue weighted by Gasteiger charge is 2.31. The summed E-state index contributed by atoms with van der Waals surface area (Å²) in [7, 11) is 0. The molecule has 0 saturated carbocycles. The molecule has 1 fully saturated rings. The molecule has 1 aliphatic heterocycles. The fourth-order valence-electron chi connectivity index (χ4n) is 2.28. The number of nitrogens with zero attached hydrogens (tertiary/aromatic N) is 1. The van der Waals surface area contributed by atoms with Crippen molar-refractivity contribution in [2.45, 2.75) is 19.4 Å². The van der Waals surface area contributed by atoms with Crippen molar-refractivity contribution in [1.82, 2.24) is 10.6 Å². The molecule has 0 radical (unpaired) electrons. The lowest BCUT2D eigenvalue weighted by Gasteiger charge is -2.17. The van der Waals surface area contributed by atoms with Gasteiger partial charge in [-0.1, -0.05) is 11.6 Å². The van der Waals surface area contributed by atoms with Crippen LogP contribution in [0.2, 0.25) is 5.02 Å². The summed E-state index contributed by atoms with van der Waals surface area (Å²) in [4.78, 5) is 36.5. The normalized spacial score (nSPS) is 17.0. The Bertz CT molecular complexity index is 591. The van der Waals surface area contributed by atoms with Gasteiger partial charge in [-0.15, -0.1) is 0 Å². The van der Waals surface area contributed by atoms with Crippen LogP contribution in [0, 0.1) is 0 Å². The van der Waals surface area contributed by atoms with Crippen LogP contribution in [0.5, 0.6) is 0 Å². The largest absolute Gasteiger partial charge is 0.465 e. The van der Waals surface area contributed by atoms with E-state index in [-0.39, 0.29) is 31.5 Å². The molecule has 3 amide bonds. The molecule has 0 aromatic heterocycles. The average Bonchev–Trinajstić information content (AvgIpc) is 2.87. The number of esters is 1. The zero-order valence-electron chi connectivity index (χ0n) is 12.7. The molecule has 0 spiro atoms. The predicted molar refractivity (Wildman–Crippen MR) is 85.4 cm³/mol. The van der Waals surface area contributed by atoms with Gasteiger partial charge >= 0.3 is 12.0 Å². The van der Waals surface area contributed by atoms with E-state index in [9.17, 15) is 14.4 Å². The number of halogens is 1. The van der Waals surface area contributed by atoms with Crippen LogP contribution in [-0.4, -0.2) is 43.6 Å². The number of carbonyl (C=O) groups is 3. The van der Waals surface area contributed by atoms with E-state index >= 15 is 0 Å². The number of carbonyl (C=O) groups excluding carboxylic acids is 3. The second-order valence-corrected chi connectivity index (χ2v) is 5.45. The highest BCUT2D eigenvalue weighted by atomic mass is 35.5. The molecule has 1 atom stereocenters. The first-order valence-electron chi connectivity index (χ1n) is 7.25. The molecule has 1 aromatic carbocycles. The van der Waals surface area contributed by atoms with Crippen molar-refractivity contribution >= 4 is 35.2 Å². The molecule has 8 heteroatoms. The number of urea groups is 1. The third-order valence-electron chi connectivity index (χ3n) is 3.30. The first-order chi connectivity index (χ1) is 11.0. The minimum atomic E-state index is -0.507. The van der Waals surface area contributed by atoms with Crippen molar-refractivity contribution < 1.29 is 19.1 Å². The molecule has 1 aromatic rings. The van der Waals surface area contributed by atoms with Gasteiger partial charge in [0.05, 0.1) is 12.6 Å². The number of amides is 3. The summed E-state index contributed by atoms with van der Waals surface area (Å²) in [5.74, 6) is -0.587. The number of nitrogens with one attached hydrogen (secondary N) is 2. The Labute approximate surface area is 138 Å². The van der Waals surface area contributed by atoms with E-state index in [2.05, 4.69) is 10.6 Å². The predicted octanol–water partition coefficient (Wildman–Crippen LogP) is 1.31. The molecule has 23 heavy (non-hydrogen) atoms. The molecular formula is C15H18ClN3O4. The Morgan fingerprint density at radius 3 is 2.70 bits per heavy atom. The Morgan fingerprint density at radius 1 is 1.35 bits per heavy atom. The second-order valence-electron chi connectivity index (χ2n) is 5.01. The number of anilines is 1. The summed E-state index contributed by atoms with van der Waals surface area (Å²) in [6.07, 6.45) is 0.204. The van der Waals surface area contributed by atoms with E-state index in [1.165, 1.54) is 0 Å². The number of hydrogen-bond donors (Lipinski definition) is 2. The van der Waals surface area contributed by atoms with E-state index in [0.29, 0.717) is 11.6 Å². The quantitative estimate of drug-likeness (QED) is 0.792. The van der Waals surface area contributed by atoms with Crippen molar-refractivity contribution in [3.63, 3.8) is 0 Å². The van der Waals surface area contributed by atoms with Crippen LogP contribution in [0.15, 0.2) is 24.3 Å². The molecule has 124 valence electrons. The van der Waals surface area contributed by atoms with Gasteiger partial charge in [0.25, 0.3) is 0 Å². The molecule has 2 N–H and O–H groups in total. The number of benzene rings is 1. The van der Waals surface area contributed by atoms with Gasteiger partial charge in [0, 0.05) is 23.7 Å². The standard InChI is InChI=1S/C15H18ClN3O4/c1-2-23-14(21)8-17-15(22)18-11-7-13(20)19(9-11)12-5-3-10(16)4-6-12/h3-6,11H,2,7-9H2,1H3,(H2,17,18,22). The summed E-state index contributed by atoms with van der Waals surface area (Å²) in [6, 6.07) is 6.09. The Morgan fingerprint density at radius 2 is 2.04 bits per heavy atom. The highest BCUT2D eigenvalue weighted by molar-refractivity contribution is 6.30. The zero-order chi connectivity index (χ0) is 16.8. The molecule has 0 aliphatic carbocycles.